The Labute approximate surface area is 172 Å². The van der Waals surface area contributed by atoms with Crippen LogP contribution in [0.15, 0.2) is 0 Å². The molecule has 0 aromatic carbocycles. The first-order valence-electron chi connectivity index (χ1n) is 10.8. The summed E-state index contributed by atoms with van der Waals surface area (Å²) in [5.74, 6) is -2.59. The van der Waals surface area contributed by atoms with Crippen LogP contribution in [0.25, 0.3) is 0 Å². The average molecular weight is 411 g/mol. The Morgan fingerprint density at radius 1 is 1.41 bits per heavy atom. The molecule has 2 bridgehead atoms. The van der Waals surface area contributed by atoms with Gasteiger partial charge in [-0.15, -0.1) is 0 Å². The minimum absolute atomic E-state index is 0.0154. The molecule has 3 aliphatic rings. The first-order valence-corrected chi connectivity index (χ1v) is 10.8. The van der Waals surface area contributed by atoms with Crippen LogP contribution in [0.3, 0.4) is 0 Å². The topological polar surface area (TPSA) is 105 Å². The largest absolute Gasteiger partial charge is 0.466 e. The molecule has 2 N–H and O–H groups in total. The molecule has 3 fully saturated rings. The number of nitrogens with zero attached hydrogens (tertiary/aromatic N) is 1. The summed E-state index contributed by atoms with van der Waals surface area (Å²) < 4.78 is 11.8. The van der Waals surface area contributed by atoms with E-state index in [-0.39, 0.29) is 43.5 Å². The Morgan fingerprint density at radius 3 is 2.69 bits per heavy atom. The van der Waals surface area contributed by atoms with E-state index >= 15 is 0 Å². The lowest BCUT2D eigenvalue weighted by Crippen LogP contribution is -2.57. The van der Waals surface area contributed by atoms with Gasteiger partial charge in [-0.1, -0.05) is 20.3 Å². The van der Waals surface area contributed by atoms with E-state index in [2.05, 4.69) is 5.32 Å². The minimum Gasteiger partial charge on any atom is -0.466 e. The van der Waals surface area contributed by atoms with Gasteiger partial charge in [-0.05, 0) is 39.5 Å². The maximum absolute atomic E-state index is 13.4. The third-order valence-corrected chi connectivity index (χ3v) is 7.05. The third kappa shape index (κ3) is 3.15. The van der Waals surface area contributed by atoms with Gasteiger partial charge in [-0.25, -0.2) is 0 Å². The number of rotatable bonds is 8. The molecule has 8 nitrogen and oxygen atoms in total. The quantitative estimate of drug-likeness (QED) is 0.575. The van der Waals surface area contributed by atoms with Gasteiger partial charge in [-0.3, -0.25) is 14.4 Å². The summed E-state index contributed by atoms with van der Waals surface area (Å²) in [7, 11) is 0. The van der Waals surface area contributed by atoms with Gasteiger partial charge >= 0.3 is 5.97 Å². The molecular weight excluding hydrogens is 376 g/mol. The van der Waals surface area contributed by atoms with Crippen LogP contribution in [0.2, 0.25) is 0 Å². The molecule has 0 aromatic rings. The second kappa shape index (κ2) is 7.87. The number of hydrogen-bond donors (Lipinski definition) is 2. The summed E-state index contributed by atoms with van der Waals surface area (Å²) in [5.41, 5.74) is -1.93. The molecule has 3 heterocycles. The van der Waals surface area contributed by atoms with E-state index in [4.69, 9.17) is 9.47 Å². The lowest BCUT2D eigenvalue weighted by molar-refractivity contribution is -0.161. The molecule has 29 heavy (non-hydrogen) atoms. The number of fused-ring (bicyclic) bond motifs is 1. The Hall–Kier alpha value is -1.67. The first-order chi connectivity index (χ1) is 13.7. The second-order valence-corrected chi connectivity index (χ2v) is 8.91. The zero-order valence-electron chi connectivity index (χ0n) is 18.1. The number of amides is 2. The van der Waals surface area contributed by atoms with E-state index in [0.717, 1.165) is 12.8 Å². The van der Waals surface area contributed by atoms with Crippen molar-refractivity contribution < 1.29 is 29.0 Å². The van der Waals surface area contributed by atoms with E-state index in [1.54, 1.807) is 6.92 Å². The lowest BCUT2D eigenvalue weighted by Gasteiger charge is -2.36. The molecule has 0 aromatic heterocycles. The van der Waals surface area contributed by atoms with Crippen LogP contribution in [0.5, 0.6) is 0 Å². The number of nitrogens with one attached hydrogen (secondary N) is 1. The van der Waals surface area contributed by atoms with Gasteiger partial charge in [0.2, 0.25) is 11.8 Å². The van der Waals surface area contributed by atoms with Gasteiger partial charge in [0, 0.05) is 12.6 Å². The highest BCUT2D eigenvalue weighted by Gasteiger charge is 2.80. The average Bonchev–Trinajstić information content (AvgIpc) is 3.13. The summed E-state index contributed by atoms with van der Waals surface area (Å²) in [5, 5.41) is 12.6. The number of hydrogen-bond acceptors (Lipinski definition) is 6. The molecule has 0 radical (unpaired) electrons. The summed E-state index contributed by atoms with van der Waals surface area (Å²) in [6.45, 7) is 9.53. The monoisotopic (exact) mass is 410 g/mol. The first kappa shape index (κ1) is 22.0. The van der Waals surface area contributed by atoms with Crippen LogP contribution in [-0.4, -0.2) is 70.8 Å². The van der Waals surface area contributed by atoms with E-state index in [1.165, 1.54) is 4.90 Å². The van der Waals surface area contributed by atoms with Gasteiger partial charge in [0.15, 0.2) is 0 Å². The normalized spacial score (nSPS) is 38.8. The summed E-state index contributed by atoms with van der Waals surface area (Å²) >= 11 is 0. The van der Waals surface area contributed by atoms with Crippen molar-refractivity contribution in [1.82, 2.24) is 10.2 Å². The summed E-state index contributed by atoms with van der Waals surface area (Å²) in [6.07, 6.45) is 2.26. The number of likely N-dealkylation sites (tertiary alicyclic amines) is 1. The van der Waals surface area contributed by atoms with Crippen molar-refractivity contribution in [3.63, 3.8) is 0 Å². The molecule has 4 unspecified atom stereocenters. The third-order valence-electron chi connectivity index (χ3n) is 7.05. The van der Waals surface area contributed by atoms with Crippen LogP contribution in [0.1, 0.15) is 53.9 Å². The Morgan fingerprint density at radius 2 is 2.10 bits per heavy atom. The molecule has 3 aliphatic heterocycles. The number of aliphatic hydroxyl groups excluding tert-OH is 1. The molecule has 164 valence electrons. The molecular formula is C21H34N2O6. The molecule has 0 saturated carbocycles. The van der Waals surface area contributed by atoms with Crippen molar-refractivity contribution in [3.05, 3.63) is 0 Å². The minimum atomic E-state index is -1.08. The fourth-order valence-electron chi connectivity index (χ4n) is 5.80. The van der Waals surface area contributed by atoms with Gasteiger partial charge in [0.05, 0.1) is 24.7 Å². The van der Waals surface area contributed by atoms with Crippen molar-refractivity contribution >= 4 is 17.8 Å². The van der Waals surface area contributed by atoms with Crippen LogP contribution < -0.4 is 5.32 Å². The SMILES string of the molecule is CCCC(C)NC(=O)C1N(CCO)C(=O)[C@@H]2[C@@H](C(=O)OCC)[C@]3(C)OC12CC3C. The van der Waals surface area contributed by atoms with Gasteiger partial charge < -0.3 is 24.8 Å². The zero-order valence-corrected chi connectivity index (χ0v) is 18.1. The van der Waals surface area contributed by atoms with Crippen molar-refractivity contribution in [2.75, 3.05) is 19.8 Å². The standard InChI is InChI=1S/C21H34N2O6/c1-6-8-13(4)22-17(25)16-21-11-12(3)20(5,29-21)15(19(27)28-7-2)14(21)18(26)23(16)9-10-24/h12-16,24H,6-11H2,1-5H3,(H,22,25)/t12?,13?,14-,15-,16?,20+,21?/m0/s1. The number of β-amino-alcohol motifs (C(OH)–C–C–N with tert-alkyl or cyclic N) is 1. The molecule has 3 saturated heterocycles. The van der Waals surface area contributed by atoms with Gasteiger partial charge in [0.25, 0.3) is 0 Å². The van der Waals surface area contributed by atoms with Gasteiger partial charge in [0.1, 0.15) is 17.6 Å². The van der Waals surface area contributed by atoms with E-state index < -0.39 is 35.0 Å². The predicted molar refractivity (Wildman–Crippen MR) is 105 cm³/mol. The van der Waals surface area contributed by atoms with Crippen molar-refractivity contribution in [2.45, 2.75) is 77.2 Å². The predicted octanol–water partition coefficient (Wildman–Crippen LogP) is 0.857. The number of esters is 1. The van der Waals surface area contributed by atoms with Gasteiger partial charge in [-0.2, -0.15) is 0 Å². The highest BCUT2D eigenvalue weighted by molar-refractivity contribution is 5.98. The maximum atomic E-state index is 13.4. The van der Waals surface area contributed by atoms with E-state index in [9.17, 15) is 19.5 Å². The Balaban J connectivity index is 2.02. The molecule has 3 rings (SSSR count). The van der Waals surface area contributed by atoms with E-state index in [0.29, 0.717) is 6.42 Å². The van der Waals surface area contributed by atoms with Crippen LogP contribution >= 0.6 is 0 Å². The fourth-order valence-corrected chi connectivity index (χ4v) is 5.80. The summed E-state index contributed by atoms with van der Waals surface area (Å²) in [6, 6.07) is -0.906. The van der Waals surface area contributed by atoms with Crippen LogP contribution in [0.4, 0.5) is 0 Å². The smallest absolute Gasteiger partial charge is 0.312 e. The number of carbonyl (C=O) groups excluding carboxylic acids is 3. The summed E-state index contributed by atoms with van der Waals surface area (Å²) in [4.78, 5) is 41.0. The van der Waals surface area contributed by atoms with Crippen LogP contribution in [-0.2, 0) is 23.9 Å². The van der Waals surface area contributed by atoms with Crippen molar-refractivity contribution in [3.8, 4) is 0 Å². The molecule has 7 atom stereocenters. The molecule has 2 amide bonds. The fraction of sp³-hybridized carbons (Fsp3) is 0.857. The number of carbonyl (C=O) groups is 3. The van der Waals surface area contributed by atoms with Crippen LogP contribution in [0, 0.1) is 17.8 Å². The number of ether oxygens (including phenoxy) is 2. The Kier molecular flexibility index (Phi) is 5.98. The van der Waals surface area contributed by atoms with Crippen molar-refractivity contribution in [1.29, 1.82) is 0 Å². The van der Waals surface area contributed by atoms with E-state index in [1.807, 2.05) is 27.7 Å². The maximum Gasteiger partial charge on any atom is 0.312 e. The lowest BCUT2D eigenvalue weighted by atomic mass is 9.62. The zero-order chi connectivity index (χ0) is 21.6. The Bertz CT molecular complexity index is 684. The number of aliphatic hydroxyl groups is 1. The highest BCUT2D eigenvalue weighted by atomic mass is 16.6. The highest BCUT2D eigenvalue weighted by Crippen LogP contribution is 2.65. The second-order valence-electron chi connectivity index (χ2n) is 8.91. The molecule has 0 aliphatic carbocycles. The molecule has 1 spiro atoms. The van der Waals surface area contributed by atoms with Crippen molar-refractivity contribution in [2.24, 2.45) is 17.8 Å². The molecule has 8 heteroatoms.